The van der Waals surface area contributed by atoms with Crippen LogP contribution in [0.5, 0.6) is 5.75 Å². The Balaban J connectivity index is 0.000000404. The average molecular weight is 800 g/mol. The largest absolute Gasteiger partial charge is 0.490 e. The van der Waals surface area contributed by atoms with Crippen LogP contribution in [-0.4, -0.2) is 102 Å². The van der Waals surface area contributed by atoms with E-state index in [2.05, 4.69) is 35.1 Å². The number of nitrogens with zero attached hydrogens (tertiary/aromatic N) is 1. The second kappa shape index (κ2) is 17.9. The number of nitrogens with one attached hydrogen (secondary N) is 4. The van der Waals surface area contributed by atoms with E-state index in [4.69, 9.17) is 4.74 Å². The van der Waals surface area contributed by atoms with Crippen molar-refractivity contribution in [3.63, 3.8) is 0 Å². The minimum atomic E-state index is -1.50. The molecule has 14 heteroatoms. The zero-order valence-corrected chi connectivity index (χ0v) is 35.5. The number of carbonyl (C=O) groups is 4. The summed E-state index contributed by atoms with van der Waals surface area (Å²) in [7, 11) is 0. The van der Waals surface area contributed by atoms with Gasteiger partial charge in [-0.3, -0.25) is 24.5 Å². The van der Waals surface area contributed by atoms with E-state index in [1.165, 1.54) is 16.7 Å². The molecule has 304 valence electrons. The van der Waals surface area contributed by atoms with Crippen LogP contribution in [0.25, 0.3) is 0 Å². The number of rotatable bonds is 9. The molecular formula is C41H61N5O7S2. The Kier molecular flexibility index (Phi) is 14.4. The quantitative estimate of drug-likeness (QED) is 0.217. The van der Waals surface area contributed by atoms with Crippen molar-refractivity contribution in [3.05, 3.63) is 65.7 Å². The van der Waals surface area contributed by atoms with E-state index in [-0.39, 0.29) is 59.4 Å². The van der Waals surface area contributed by atoms with Crippen LogP contribution in [-0.2, 0) is 25.6 Å². The van der Waals surface area contributed by atoms with E-state index in [1.807, 2.05) is 97.9 Å². The smallest absolute Gasteiger partial charge is 0.252 e. The first-order valence-corrected chi connectivity index (χ1v) is 20.8. The van der Waals surface area contributed by atoms with Crippen molar-refractivity contribution < 1.29 is 34.1 Å². The molecule has 0 spiro atoms. The molecular weight excluding hydrogens is 739 g/mol. The van der Waals surface area contributed by atoms with Gasteiger partial charge in [0.15, 0.2) is 0 Å². The number of aliphatic hydroxyl groups excluding tert-OH is 2. The summed E-state index contributed by atoms with van der Waals surface area (Å²) >= 11 is 3.26. The highest BCUT2D eigenvalue weighted by atomic mass is 32.2. The minimum Gasteiger partial charge on any atom is -0.490 e. The maximum atomic E-state index is 13.7. The van der Waals surface area contributed by atoms with Crippen molar-refractivity contribution in [2.75, 3.05) is 18.4 Å². The van der Waals surface area contributed by atoms with Gasteiger partial charge in [-0.1, -0.05) is 48.5 Å². The van der Waals surface area contributed by atoms with Crippen molar-refractivity contribution >= 4 is 47.2 Å². The van der Waals surface area contributed by atoms with E-state index in [1.54, 1.807) is 23.9 Å². The van der Waals surface area contributed by atoms with Crippen molar-refractivity contribution in [2.24, 2.45) is 5.92 Å². The van der Waals surface area contributed by atoms with Gasteiger partial charge in [0.1, 0.15) is 36.6 Å². The SMILES string of the molecule is CC(C)(C)NC(=O)[C@H]1N(C(=O)[C@@H](O)C[C@@H](Cc2ccccc2)C(=O)N[C@H]2c3ccccc3OC[C@H]2O)CSC1(C)C.CC(C)(C)NC(=O)[C@H]1NCSC1(C)C. The Bertz CT molecular complexity index is 1660. The standard InChI is InChI=1S/C31H41N3O6S.C10H20N2OS/c1-30(2,3)33-28(38)26-31(4,5)41-18-34(26)29(39)22(35)16-20(15-19-11-7-6-8-12-19)27(37)32-25-21-13-9-10-14-24(21)40-17-23(25)36;1-9(2,3)12-8(13)7-10(4,5)14-6-11-7/h6-14,20,22-23,25-26,35-36H,15-18H2,1-5H3,(H,32,37)(H,33,38);7,11H,6H2,1-5H3,(H,12,13)/t20-,22+,23-,25+,26-;7-/m11/s1. The van der Waals surface area contributed by atoms with Crippen molar-refractivity contribution in [1.29, 1.82) is 0 Å². The molecule has 6 N–H and O–H groups in total. The molecule has 5 rings (SSSR count). The summed E-state index contributed by atoms with van der Waals surface area (Å²) in [4.78, 5) is 53.9. The number of thioether (sulfide) groups is 2. The van der Waals surface area contributed by atoms with Crippen LogP contribution in [0.2, 0.25) is 0 Å². The lowest BCUT2D eigenvalue weighted by molar-refractivity contribution is -0.147. The Hall–Kier alpha value is -3.30. The van der Waals surface area contributed by atoms with Gasteiger partial charge in [-0.2, -0.15) is 0 Å². The predicted molar refractivity (Wildman–Crippen MR) is 220 cm³/mol. The molecule has 0 aromatic heterocycles. The Morgan fingerprint density at radius 2 is 1.49 bits per heavy atom. The molecule has 55 heavy (non-hydrogen) atoms. The maximum absolute atomic E-state index is 13.7. The first kappa shape index (κ1) is 44.4. The van der Waals surface area contributed by atoms with E-state index in [0.29, 0.717) is 11.3 Å². The molecule has 3 heterocycles. The molecule has 4 amide bonds. The number of amides is 4. The lowest BCUT2D eigenvalue weighted by Gasteiger charge is -2.34. The van der Waals surface area contributed by atoms with Crippen molar-refractivity contribution in [1.82, 2.24) is 26.2 Å². The normalized spacial score (nSPS) is 23.9. The monoisotopic (exact) mass is 799 g/mol. The highest BCUT2D eigenvalue weighted by molar-refractivity contribution is 8.01. The lowest BCUT2D eigenvalue weighted by atomic mass is 9.90. The van der Waals surface area contributed by atoms with Gasteiger partial charge in [-0.15, -0.1) is 23.5 Å². The topological polar surface area (TPSA) is 169 Å². The zero-order valence-electron chi connectivity index (χ0n) is 33.9. The Morgan fingerprint density at radius 1 is 0.891 bits per heavy atom. The molecule has 3 aliphatic rings. The molecule has 2 fully saturated rings. The van der Waals surface area contributed by atoms with Gasteiger partial charge in [0.05, 0.1) is 11.9 Å². The second-order valence-electron chi connectivity index (χ2n) is 17.6. The summed E-state index contributed by atoms with van der Waals surface area (Å²) in [6, 6.07) is 15.1. The number of fused-ring (bicyclic) bond motifs is 1. The summed E-state index contributed by atoms with van der Waals surface area (Å²) < 4.78 is 5.04. The fourth-order valence-corrected chi connectivity index (χ4v) is 9.00. The highest BCUT2D eigenvalue weighted by Crippen LogP contribution is 2.40. The minimum absolute atomic E-state index is 0.00463. The molecule has 2 aromatic carbocycles. The first-order valence-electron chi connectivity index (χ1n) is 18.9. The molecule has 6 atom stereocenters. The molecule has 0 saturated carbocycles. The first-order chi connectivity index (χ1) is 25.5. The van der Waals surface area contributed by atoms with Gasteiger partial charge in [-0.25, -0.2) is 0 Å². The molecule has 2 aromatic rings. The third-order valence-corrected chi connectivity index (χ3v) is 12.3. The van der Waals surface area contributed by atoms with Crippen LogP contribution >= 0.6 is 23.5 Å². The Labute approximate surface area is 335 Å². The summed E-state index contributed by atoms with van der Waals surface area (Å²) in [6.07, 6.45) is -2.31. The fraction of sp³-hybridized carbons (Fsp3) is 0.610. The van der Waals surface area contributed by atoms with Crippen LogP contribution in [0.3, 0.4) is 0 Å². The number of ether oxygens (including phenoxy) is 1. The van der Waals surface area contributed by atoms with E-state index < -0.39 is 46.4 Å². The zero-order chi connectivity index (χ0) is 40.9. The summed E-state index contributed by atoms with van der Waals surface area (Å²) in [5.41, 5.74) is 0.904. The maximum Gasteiger partial charge on any atom is 0.252 e. The van der Waals surface area contributed by atoms with E-state index >= 15 is 0 Å². The van der Waals surface area contributed by atoms with Gasteiger partial charge < -0.3 is 35.8 Å². The van der Waals surface area contributed by atoms with Crippen molar-refractivity contribution in [2.45, 2.75) is 133 Å². The molecule has 3 aliphatic heterocycles. The van der Waals surface area contributed by atoms with Gasteiger partial charge in [0, 0.05) is 37.9 Å². The number of benzene rings is 2. The van der Waals surface area contributed by atoms with Crippen LogP contribution < -0.4 is 26.0 Å². The van der Waals surface area contributed by atoms with Crippen LogP contribution in [0.15, 0.2) is 54.6 Å². The number of para-hydroxylation sites is 1. The van der Waals surface area contributed by atoms with Gasteiger partial charge in [0.2, 0.25) is 17.7 Å². The van der Waals surface area contributed by atoms with Crippen molar-refractivity contribution in [3.8, 4) is 5.75 Å². The van der Waals surface area contributed by atoms with Crippen LogP contribution in [0.1, 0.15) is 92.8 Å². The molecule has 0 unspecified atom stereocenters. The summed E-state index contributed by atoms with van der Waals surface area (Å²) in [5, 5.41) is 34.0. The van der Waals surface area contributed by atoms with Crippen LogP contribution in [0, 0.1) is 5.92 Å². The molecule has 0 radical (unpaired) electrons. The molecule has 12 nitrogen and oxygen atoms in total. The molecule has 0 bridgehead atoms. The number of hydrogen-bond donors (Lipinski definition) is 6. The highest BCUT2D eigenvalue weighted by Gasteiger charge is 2.50. The second-order valence-corrected chi connectivity index (χ2v) is 20.9. The summed E-state index contributed by atoms with van der Waals surface area (Å²) in [6.45, 7) is 19.7. The third-order valence-electron chi connectivity index (χ3n) is 9.60. The summed E-state index contributed by atoms with van der Waals surface area (Å²) in [5.74, 6) is -0.221. The number of hydrogen-bond acceptors (Lipinski definition) is 10. The van der Waals surface area contributed by atoms with Gasteiger partial charge >= 0.3 is 0 Å². The lowest BCUT2D eigenvalue weighted by Crippen LogP contribution is -2.58. The van der Waals surface area contributed by atoms with E-state index in [9.17, 15) is 29.4 Å². The average Bonchev–Trinajstić information content (AvgIpc) is 3.61. The number of carbonyl (C=O) groups excluding carboxylic acids is 4. The third kappa shape index (κ3) is 12.1. The number of aliphatic hydroxyl groups is 2. The molecule has 0 aliphatic carbocycles. The van der Waals surface area contributed by atoms with E-state index in [0.717, 1.165) is 11.4 Å². The molecule has 2 saturated heterocycles. The Morgan fingerprint density at radius 3 is 2.09 bits per heavy atom. The van der Waals surface area contributed by atoms with Gasteiger partial charge in [-0.05, 0) is 93.7 Å². The van der Waals surface area contributed by atoms with Gasteiger partial charge in [0.25, 0.3) is 5.91 Å². The van der Waals surface area contributed by atoms with Crippen LogP contribution in [0.4, 0.5) is 0 Å². The predicted octanol–water partition coefficient (Wildman–Crippen LogP) is 4.14. The fourth-order valence-electron chi connectivity index (χ4n) is 6.88.